The molecule has 2 saturated carbocycles. The van der Waals surface area contributed by atoms with Crippen molar-refractivity contribution in [1.82, 2.24) is 0 Å². The summed E-state index contributed by atoms with van der Waals surface area (Å²) >= 11 is 0. The summed E-state index contributed by atoms with van der Waals surface area (Å²) in [6.07, 6.45) is -0.426. The predicted molar refractivity (Wildman–Crippen MR) is 45.6 cm³/mol. The number of Topliss-reactive ketones (excluding diaryl/α,β-unsaturated/α-hetero) is 1. The molecule has 0 aromatic heterocycles. The highest BCUT2D eigenvalue weighted by Crippen LogP contribution is 2.69. The van der Waals surface area contributed by atoms with Crippen LogP contribution in [0.4, 0.5) is 0 Å². The maximum atomic E-state index is 11.7. The molecule has 2 rings (SSSR count). The molecular weight excluding hydrogens is 152 g/mol. The number of aliphatic hydroxyl groups is 1. The van der Waals surface area contributed by atoms with Crippen LogP contribution in [0.5, 0.6) is 0 Å². The van der Waals surface area contributed by atoms with Gasteiger partial charge >= 0.3 is 0 Å². The quantitative estimate of drug-likeness (QED) is 0.590. The molecule has 0 spiro atoms. The van der Waals surface area contributed by atoms with Crippen LogP contribution in [0.3, 0.4) is 0 Å². The minimum atomic E-state index is -0.495. The van der Waals surface area contributed by atoms with Crippen molar-refractivity contribution in [1.29, 1.82) is 0 Å². The molecule has 0 amide bonds. The van der Waals surface area contributed by atoms with Crippen molar-refractivity contribution in [2.75, 3.05) is 0 Å². The van der Waals surface area contributed by atoms with Gasteiger partial charge in [-0.1, -0.05) is 27.7 Å². The summed E-state index contributed by atoms with van der Waals surface area (Å²) in [5.41, 5.74) is -0.434. The van der Waals surface area contributed by atoms with Crippen molar-refractivity contribution in [3.8, 4) is 0 Å². The lowest BCUT2D eigenvalue weighted by molar-refractivity contribution is -0.131. The second-order valence-electron chi connectivity index (χ2n) is 5.36. The van der Waals surface area contributed by atoms with Gasteiger partial charge < -0.3 is 5.11 Å². The normalized spacial score (nSPS) is 47.4. The highest BCUT2D eigenvalue weighted by atomic mass is 16.3. The molecule has 12 heavy (non-hydrogen) atoms. The number of hydrogen-bond donors (Lipinski definition) is 1. The first-order valence-electron chi connectivity index (χ1n) is 4.53. The van der Waals surface area contributed by atoms with Crippen molar-refractivity contribution in [3.05, 3.63) is 0 Å². The monoisotopic (exact) mass is 168 g/mol. The standard InChI is InChI=1S/C10H16O2/c1-9(2)5-6(9)8(12)10(3,4)7(5)11/h5-7,11H,1-4H3/t5-,6+,7?/m0/s1. The van der Waals surface area contributed by atoms with E-state index in [1.54, 1.807) is 0 Å². The molecule has 3 atom stereocenters. The van der Waals surface area contributed by atoms with Crippen molar-refractivity contribution >= 4 is 5.78 Å². The molecule has 2 fully saturated rings. The summed E-state index contributed by atoms with van der Waals surface area (Å²) in [5.74, 6) is 0.604. The van der Waals surface area contributed by atoms with Crippen LogP contribution in [0.25, 0.3) is 0 Å². The van der Waals surface area contributed by atoms with Gasteiger partial charge in [0.2, 0.25) is 0 Å². The Balaban J connectivity index is 2.34. The number of ketones is 1. The summed E-state index contributed by atoms with van der Waals surface area (Å²) in [6, 6.07) is 0. The number of rotatable bonds is 0. The Hall–Kier alpha value is -0.370. The van der Waals surface area contributed by atoms with E-state index in [0.29, 0.717) is 0 Å². The molecule has 0 heterocycles. The molecule has 2 aliphatic rings. The van der Waals surface area contributed by atoms with Gasteiger partial charge in [-0.3, -0.25) is 4.79 Å². The Morgan fingerprint density at radius 1 is 1.25 bits per heavy atom. The highest BCUT2D eigenvalue weighted by molar-refractivity contribution is 5.94. The lowest BCUT2D eigenvalue weighted by atomic mass is 9.79. The third-order valence-electron chi connectivity index (χ3n) is 3.91. The molecule has 0 bridgehead atoms. The molecule has 1 N–H and O–H groups in total. The van der Waals surface area contributed by atoms with Crippen molar-refractivity contribution in [2.45, 2.75) is 33.8 Å². The van der Waals surface area contributed by atoms with Crippen molar-refractivity contribution in [3.63, 3.8) is 0 Å². The Morgan fingerprint density at radius 2 is 1.75 bits per heavy atom. The molecule has 0 aromatic rings. The minimum absolute atomic E-state index is 0.0615. The number of aliphatic hydroxyl groups excluding tert-OH is 1. The van der Waals surface area contributed by atoms with Crippen LogP contribution >= 0.6 is 0 Å². The lowest BCUT2D eigenvalue weighted by Crippen LogP contribution is -2.36. The zero-order valence-electron chi connectivity index (χ0n) is 8.09. The van der Waals surface area contributed by atoms with E-state index < -0.39 is 11.5 Å². The van der Waals surface area contributed by atoms with E-state index in [1.807, 2.05) is 13.8 Å². The molecule has 0 aromatic carbocycles. The van der Waals surface area contributed by atoms with Gasteiger partial charge in [-0.25, -0.2) is 0 Å². The van der Waals surface area contributed by atoms with E-state index in [9.17, 15) is 9.90 Å². The first-order valence-corrected chi connectivity index (χ1v) is 4.53. The van der Waals surface area contributed by atoms with Crippen LogP contribution in [-0.4, -0.2) is 17.0 Å². The zero-order chi connectivity index (χ0) is 9.31. The van der Waals surface area contributed by atoms with Gasteiger partial charge in [0.15, 0.2) is 0 Å². The summed E-state index contributed by atoms with van der Waals surface area (Å²) in [6.45, 7) is 7.84. The topological polar surface area (TPSA) is 37.3 Å². The van der Waals surface area contributed by atoms with Gasteiger partial charge in [0, 0.05) is 17.3 Å². The predicted octanol–water partition coefficient (Wildman–Crippen LogP) is 1.23. The van der Waals surface area contributed by atoms with Gasteiger partial charge in [0.1, 0.15) is 5.78 Å². The smallest absolute Gasteiger partial charge is 0.145 e. The third-order valence-corrected chi connectivity index (χ3v) is 3.91. The first kappa shape index (κ1) is 8.24. The van der Waals surface area contributed by atoms with Crippen molar-refractivity contribution in [2.24, 2.45) is 22.7 Å². The summed E-state index contributed by atoms with van der Waals surface area (Å²) in [7, 11) is 0. The van der Waals surface area contributed by atoms with E-state index >= 15 is 0 Å². The van der Waals surface area contributed by atoms with Crippen LogP contribution in [-0.2, 0) is 4.79 Å². The molecule has 0 aliphatic heterocycles. The van der Waals surface area contributed by atoms with Gasteiger partial charge in [-0.05, 0) is 5.41 Å². The Kier molecular flexibility index (Phi) is 1.21. The number of carbonyl (C=O) groups excluding carboxylic acids is 1. The van der Waals surface area contributed by atoms with Gasteiger partial charge in [-0.15, -0.1) is 0 Å². The zero-order valence-corrected chi connectivity index (χ0v) is 8.09. The fraction of sp³-hybridized carbons (Fsp3) is 0.900. The minimum Gasteiger partial charge on any atom is -0.392 e. The highest BCUT2D eigenvalue weighted by Gasteiger charge is 2.74. The summed E-state index contributed by atoms with van der Waals surface area (Å²) < 4.78 is 0. The molecule has 2 aliphatic carbocycles. The molecule has 68 valence electrons. The van der Waals surface area contributed by atoms with E-state index in [1.165, 1.54) is 0 Å². The van der Waals surface area contributed by atoms with E-state index in [-0.39, 0.29) is 23.0 Å². The third kappa shape index (κ3) is 0.634. The molecule has 2 heteroatoms. The maximum absolute atomic E-state index is 11.7. The van der Waals surface area contributed by atoms with Crippen LogP contribution in [0.15, 0.2) is 0 Å². The maximum Gasteiger partial charge on any atom is 0.145 e. The Bertz CT molecular complexity index is 253. The molecule has 0 saturated heterocycles. The summed E-state index contributed by atoms with van der Waals surface area (Å²) in [4.78, 5) is 11.7. The van der Waals surface area contributed by atoms with Gasteiger partial charge in [0.05, 0.1) is 6.10 Å². The largest absolute Gasteiger partial charge is 0.392 e. The van der Waals surface area contributed by atoms with Crippen LogP contribution < -0.4 is 0 Å². The first-order chi connectivity index (χ1) is 5.31. The molecule has 0 radical (unpaired) electrons. The average molecular weight is 168 g/mol. The number of fused-ring (bicyclic) bond motifs is 1. The Labute approximate surface area is 73.0 Å². The van der Waals surface area contributed by atoms with Gasteiger partial charge in [-0.2, -0.15) is 0 Å². The SMILES string of the molecule is CC1(C)C(=O)[C@H]2[C@@H](C1O)C2(C)C. The number of carbonyl (C=O) groups is 1. The van der Waals surface area contributed by atoms with E-state index in [0.717, 1.165) is 0 Å². The van der Waals surface area contributed by atoms with Crippen molar-refractivity contribution < 1.29 is 9.90 Å². The fourth-order valence-corrected chi connectivity index (χ4v) is 2.76. The van der Waals surface area contributed by atoms with Crippen LogP contribution in [0, 0.1) is 22.7 Å². The van der Waals surface area contributed by atoms with Crippen LogP contribution in [0.2, 0.25) is 0 Å². The average Bonchev–Trinajstić information content (AvgIpc) is 2.42. The second kappa shape index (κ2) is 1.77. The van der Waals surface area contributed by atoms with Crippen LogP contribution in [0.1, 0.15) is 27.7 Å². The number of hydrogen-bond acceptors (Lipinski definition) is 2. The fourth-order valence-electron chi connectivity index (χ4n) is 2.76. The molecule has 1 unspecified atom stereocenters. The van der Waals surface area contributed by atoms with Gasteiger partial charge in [0.25, 0.3) is 0 Å². The van der Waals surface area contributed by atoms with E-state index in [4.69, 9.17) is 0 Å². The Morgan fingerprint density at radius 3 is 2.00 bits per heavy atom. The van der Waals surface area contributed by atoms with E-state index in [2.05, 4.69) is 13.8 Å². The molecular formula is C10H16O2. The second-order valence-corrected chi connectivity index (χ2v) is 5.36. The lowest BCUT2D eigenvalue weighted by Gasteiger charge is -2.27. The summed E-state index contributed by atoms with van der Waals surface area (Å²) in [5, 5.41) is 9.85. The molecule has 2 nitrogen and oxygen atoms in total.